The Morgan fingerprint density at radius 3 is 2.90 bits per heavy atom. The molecule has 0 radical (unpaired) electrons. The number of thiophene rings is 1. The summed E-state index contributed by atoms with van der Waals surface area (Å²) in [6, 6.07) is 9.78. The Bertz CT molecular complexity index is 1130. The van der Waals surface area contributed by atoms with Gasteiger partial charge in [0.25, 0.3) is 5.91 Å². The largest absolute Gasteiger partial charge is 0.348 e. The minimum atomic E-state index is -0.322. The van der Waals surface area contributed by atoms with Gasteiger partial charge in [0, 0.05) is 28.4 Å². The number of carbonyl (C=O) groups is 1. The van der Waals surface area contributed by atoms with Gasteiger partial charge in [0.1, 0.15) is 6.33 Å². The van der Waals surface area contributed by atoms with Crippen molar-refractivity contribution in [3.8, 4) is 10.4 Å². The molecule has 0 saturated carbocycles. The molecule has 152 valence electrons. The summed E-state index contributed by atoms with van der Waals surface area (Å²) in [5.41, 5.74) is 8.09. The molecule has 10 heteroatoms. The Labute approximate surface area is 176 Å². The third-order valence-corrected chi connectivity index (χ3v) is 5.75. The molecule has 29 heavy (non-hydrogen) atoms. The van der Waals surface area contributed by atoms with Gasteiger partial charge in [0.05, 0.1) is 19.4 Å². The fourth-order valence-corrected chi connectivity index (χ4v) is 4.08. The van der Waals surface area contributed by atoms with Crippen molar-refractivity contribution >= 4 is 29.7 Å². The molecule has 0 aliphatic carbocycles. The lowest BCUT2D eigenvalue weighted by atomic mass is 10.1. The van der Waals surface area contributed by atoms with Crippen LogP contribution in [-0.4, -0.2) is 26.8 Å². The highest BCUT2D eigenvalue weighted by Gasteiger charge is 2.19. The van der Waals surface area contributed by atoms with E-state index in [1.807, 2.05) is 30.3 Å². The zero-order chi connectivity index (χ0) is 19.7. The van der Waals surface area contributed by atoms with Gasteiger partial charge in [-0.25, -0.2) is 13.9 Å². The van der Waals surface area contributed by atoms with Gasteiger partial charge in [-0.2, -0.15) is 5.10 Å². The van der Waals surface area contributed by atoms with Crippen LogP contribution >= 0.6 is 23.7 Å². The molecule has 0 fully saturated rings. The average Bonchev–Trinajstić information content (AvgIpc) is 3.41. The molecule has 3 heterocycles. The monoisotopic (exact) mass is 435 g/mol. The predicted octanol–water partition coefficient (Wildman–Crippen LogP) is 2.30. The maximum absolute atomic E-state index is 12.7. The number of nitrogens with zero attached hydrogens (tertiary/aromatic N) is 3. The van der Waals surface area contributed by atoms with Crippen LogP contribution in [0.4, 0.5) is 4.39 Å². The van der Waals surface area contributed by atoms with E-state index in [1.165, 1.54) is 15.6 Å². The number of halogens is 2. The van der Waals surface area contributed by atoms with Crippen molar-refractivity contribution in [3.63, 3.8) is 0 Å². The predicted molar refractivity (Wildman–Crippen MR) is 112 cm³/mol. The summed E-state index contributed by atoms with van der Waals surface area (Å²) in [5, 5.41) is 6.84. The van der Waals surface area contributed by atoms with E-state index in [0.717, 1.165) is 20.9 Å². The molecule has 0 bridgehead atoms. The van der Waals surface area contributed by atoms with Crippen molar-refractivity contribution < 1.29 is 9.18 Å². The summed E-state index contributed by atoms with van der Waals surface area (Å²) < 4.78 is 15.3. The second-order valence-electron chi connectivity index (χ2n) is 6.49. The SMILES string of the molecule is Cl.NC/C(=C\F)Cn1ncn(Cc2ccc(-c3ccc4c(c3)C(=O)NC4)s2)c1=O. The molecular weight excluding hydrogens is 417 g/mol. The van der Waals surface area contributed by atoms with Crippen LogP contribution in [0.2, 0.25) is 0 Å². The molecule has 3 N–H and O–H groups in total. The minimum absolute atomic E-state index is 0. The lowest BCUT2D eigenvalue weighted by Crippen LogP contribution is -2.26. The van der Waals surface area contributed by atoms with E-state index in [4.69, 9.17) is 5.73 Å². The Morgan fingerprint density at radius 2 is 2.14 bits per heavy atom. The maximum atomic E-state index is 12.7. The maximum Gasteiger partial charge on any atom is 0.346 e. The van der Waals surface area contributed by atoms with Gasteiger partial charge in [0.15, 0.2) is 0 Å². The summed E-state index contributed by atoms with van der Waals surface area (Å²) in [7, 11) is 0. The topological polar surface area (TPSA) is 94.9 Å². The first-order valence-corrected chi connectivity index (χ1v) is 9.51. The van der Waals surface area contributed by atoms with E-state index in [2.05, 4.69) is 10.4 Å². The molecule has 0 unspecified atom stereocenters. The van der Waals surface area contributed by atoms with Gasteiger partial charge >= 0.3 is 5.69 Å². The van der Waals surface area contributed by atoms with Gasteiger partial charge in [0.2, 0.25) is 0 Å². The van der Waals surface area contributed by atoms with Crippen molar-refractivity contribution in [2.75, 3.05) is 6.54 Å². The summed E-state index contributed by atoms with van der Waals surface area (Å²) >= 11 is 1.55. The highest BCUT2D eigenvalue weighted by molar-refractivity contribution is 7.15. The molecule has 1 aliphatic rings. The Hall–Kier alpha value is -2.75. The van der Waals surface area contributed by atoms with Crippen LogP contribution in [0.25, 0.3) is 10.4 Å². The van der Waals surface area contributed by atoms with E-state index in [9.17, 15) is 14.0 Å². The van der Waals surface area contributed by atoms with E-state index < -0.39 is 0 Å². The van der Waals surface area contributed by atoms with E-state index in [-0.39, 0.29) is 37.1 Å². The smallest absolute Gasteiger partial charge is 0.346 e. The van der Waals surface area contributed by atoms with Crippen molar-refractivity contribution in [2.45, 2.75) is 19.6 Å². The van der Waals surface area contributed by atoms with Gasteiger partial charge in [-0.15, -0.1) is 23.7 Å². The van der Waals surface area contributed by atoms with Crippen molar-refractivity contribution in [1.29, 1.82) is 0 Å². The second kappa shape index (κ2) is 8.73. The second-order valence-corrected chi connectivity index (χ2v) is 7.66. The molecular formula is C19H19ClFN5O2S. The molecule has 4 rings (SSSR count). The number of carbonyl (C=O) groups excluding carboxylic acids is 1. The molecule has 7 nitrogen and oxygen atoms in total. The fourth-order valence-electron chi connectivity index (χ4n) is 3.08. The van der Waals surface area contributed by atoms with Gasteiger partial charge in [-0.05, 0) is 34.9 Å². The lowest BCUT2D eigenvalue weighted by Gasteiger charge is -2.02. The van der Waals surface area contributed by atoms with Crippen molar-refractivity contribution in [1.82, 2.24) is 19.7 Å². The lowest BCUT2D eigenvalue weighted by molar-refractivity contribution is 0.0966. The van der Waals surface area contributed by atoms with Crippen LogP contribution in [0.15, 0.2) is 53.4 Å². The van der Waals surface area contributed by atoms with Crippen molar-refractivity contribution in [2.24, 2.45) is 5.73 Å². The van der Waals surface area contributed by atoms with Crippen LogP contribution in [0.3, 0.4) is 0 Å². The molecule has 0 atom stereocenters. The molecule has 2 aromatic heterocycles. The number of fused-ring (bicyclic) bond motifs is 1. The number of hydrogen-bond donors (Lipinski definition) is 2. The normalized spacial score (nSPS) is 13.2. The fraction of sp³-hybridized carbons (Fsp3) is 0.211. The van der Waals surface area contributed by atoms with Crippen LogP contribution in [0.5, 0.6) is 0 Å². The zero-order valence-electron chi connectivity index (χ0n) is 15.3. The number of rotatable bonds is 6. The van der Waals surface area contributed by atoms with Gasteiger partial charge in [-0.3, -0.25) is 9.36 Å². The number of amides is 1. The van der Waals surface area contributed by atoms with Crippen LogP contribution < -0.4 is 16.7 Å². The summed E-state index contributed by atoms with van der Waals surface area (Å²) in [6.45, 7) is 1.00. The average molecular weight is 436 g/mol. The molecule has 1 aromatic carbocycles. The van der Waals surface area contributed by atoms with E-state index >= 15 is 0 Å². The van der Waals surface area contributed by atoms with Crippen LogP contribution in [0.1, 0.15) is 20.8 Å². The third kappa shape index (κ3) is 4.16. The number of nitrogens with two attached hydrogens (primary N) is 1. The number of nitrogens with one attached hydrogen (secondary N) is 1. The summed E-state index contributed by atoms with van der Waals surface area (Å²) in [5.74, 6) is -0.0493. The molecule has 1 amide bonds. The first-order chi connectivity index (χ1) is 13.6. The first-order valence-electron chi connectivity index (χ1n) is 8.69. The van der Waals surface area contributed by atoms with Crippen molar-refractivity contribution in [3.05, 3.63) is 75.1 Å². The standard InChI is InChI=1S/C19H18FN5O2S.ClH/c20-6-12(7-21)9-25-19(27)24(11-23-25)10-15-3-4-17(28-15)13-1-2-14-8-22-18(26)16(14)5-13;/h1-6,11H,7-10,21H2,(H,22,26);1H/b12-6+;. The molecule has 3 aromatic rings. The number of hydrogen-bond acceptors (Lipinski definition) is 5. The Kier molecular flexibility index (Phi) is 6.31. The molecule has 1 aliphatic heterocycles. The highest BCUT2D eigenvalue weighted by atomic mass is 35.5. The zero-order valence-corrected chi connectivity index (χ0v) is 16.9. The number of aromatic nitrogens is 3. The highest BCUT2D eigenvalue weighted by Crippen LogP contribution is 2.31. The molecule has 0 spiro atoms. The first kappa shape index (κ1) is 21.0. The van der Waals surface area contributed by atoms with Gasteiger partial charge < -0.3 is 11.1 Å². The summed E-state index contributed by atoms with van der Waals surface area (Å²) in [6.07, 6.45) is 1.85. The summed E-state index contributed by atoms with van der Waals surface area (Å²) in [4.78, 5) is 26.3. The van der Waals surface area contributed by atoms with Gasteiger partial charge in [-0.1, -0.05) is 12.1 Å². The van der Waals surface area contributed by atoms with E-state index in [1.54, 1.807) is 11.3 Å². The van der Waals surface area contributed by atoms with Crippen LogP contribution in [-0.2, 0) is 19.6 Å². The third-order valence-electron chi connectivity index (χ3n) is 4.63. The Morgan fingerprint density at radius 1 is 1.31 bits per heavy atom. The minimum Gasteiger partial charge on any atom is -0.348 e. The molecule has 0 saturated heterocycles. The quantitative estimate of drug-likeness (QED) is 0.621. The van der Waals surface area contributed by atoms with E-state index in [0.29, 0.717) is 30.6 Å². The number of benzene rings is 1. The Balaban J connectivity index is 0.00000240. The van der Waals surface area contributed by atoms with Crippen LogP contribution in [0, 0.1) is 0 Å².